The first-order valence-electron chi connectivity index (χ1n) is 7.89. The van der Waals surface area contributed by atoms with Gasteiger partial charge in [-0.25, -0.2) is 0 Å². The summed E-state index contributed by atoms with van der Waals surface area (Å²) in [6.45, 7) is 1.22. The predicted molar refractivity (Wildman–Crippen MR) is 94.5 cm³/mol. The molecular weight excluding hydrogens is 328 g/mol. The molecular formula is C17H24N2O4S. The Hall–Kier alpha value is -1.89. The first-order valence-corrected chi connectivity index (χ1v) is 8.94. The van der Waals surface area contributed by atoms with Crippen molar-refractivity contribution in [2.75, 3.05) is 33.6 Å². The number of hydrogen-bond donors (Lipinski definition) is 1. The topological polar surface area (TPSA) is 67.9 Å². The van der Waals surface area contributed by atoms with Crippen LogP contribution in [0.5, 0.6) is 11.5 Å². The first-order chi connectivity index (χ1) is 11.5. The van der Waals surface area contributed by atoms with Crippen LogP contribution in [0.1, 0.15) is 18.4 Å². The third-order valence-electron chi connectivity index (χ3n) is 3.94. The highest BCUT2D eigenvalue weighted by molar-refractivity contribution is 8.01. The number of carbonyl (C=O) groups excluding carboxylic acids is 2. The minimum atomic E-state index is -0.114. The van der Waals surface area contributed by atoms with Crippen molar-refractivity contribution in [3.05, 3.63) is 23.8 Å². The molecule has 24 heavy (non-hydrogen) atoms. The van der Waals surface area contributed by atoms with Crippen molar-refractivity contribution >= 4 is 23.6 Å². The SMILES string of the molecule is COc1ccc(CN(C)C(=O)CSC2CCCNC2=O)cc1OC. The average Bonchev–Trinajstić information content (AvgIpc) is 2.60. The van der Waals surface area contributed by atoms with E-state index < -0.39 is 0 Å². The number of methoxy groups -OCH3 is 2. The van der Waals surface area contributed by atoms with Crippen LogP contribution in [0.25, 0.3) is 0 Å². The van der Waals surface area contributed by atoms with E-state index in [1.54, 1.807) is 26.2 Å². The lowest BCUT2D eigenvalue weighted by atomic mass is 10.1. The lowest BCUT2D eigenvalue weighted by molar-refractivity contribution is -0.127. The number of hydrogen-bond acceptors (Lipinski definition) is 5. The molecule has 1 N–H and O–H groups in total. The van der Waals surface area contributed by atoms with Gasteiger partial charge in [-0.3, -0.25) is 9.59 Å². The lowest BCUT2D eigenvalue weighted by Gasteiger charge is -2.23. The third kappa shape index (κ3) is 4.80. The smallest absolute Gasteiger partial charge is 0.233 e. The zero-order chi connectivity index (χ0) is 17.5. The quantitative estimate of drug-likeness (QED) is 0.809. The number of amides is 2. The summed E-state index contributed by atoms with van der Waals surface area (Å²) >= 11 is 1.42. The maximum Gasteiger partial charge on any atom is 0.233 e. The van der Waals surface area contributed by atoms with Gasteiger partial charge in [0.2, 0.25) is 11.8 Å². The van der Waals surface area contributed by atoms with E-state index in [9.17, 15) is 9.59 Å². The number of thioether (sulfide) groups is 1. The lowest BCUT2D eigenvalue weighted by Crippen LogP contribution is -2.39. The molecule has 1 fully saturated rings. The van der Waals surface area contributed by atoms with E-state index in [0.29, 0.717) is 23.8 Å². The summed E-state index contributed by atoms with van der Waals surface area (Å²) in [7, 11) is 4.94. The molecule has 6 nitrogen and oxygen atoms in total. The molecule has 1 saturated heterocycles. The normalized spacial score (nSPS) is 17.1. The zero-order valence-electron chi connectivity index (χ0n) is 14.3. The average molecular weight is 352 g/mol. The Labute approximate surface area is 146 Å². The van der Waals surface area contributed by atoms with E-state index >= 15 is 0 Å². The van der Waals surface area contributed by atoms with Crippen molar-refractivity contribution in [1.82, 2.24) is 10.2 Å². The fourth-order valence-electron chi connectivity index (χ4n) is 2.53. The minimum absolute atomic E-state index is 0.00755. The molecule has 0 bridgehead atoms. The van der Waals surface area contributed by atoms with Gasteiger partial charge in [0.25, 0.3) is 0 Å². The van der Waals surface area contributed by atoms with Crippen LogP contribution in [-0.4, -0.2) is 55.5 Å². The van der Waals surface area contributed by atoms with Crippen LogP contribution in [-0.2, 0) is 16.1 Å². The monoisotopic (exact) mass is 352 g/mol. The number of nitrogens with zero attached hydrogens (tertiary/aromatic N) is 1. The van der Waals surface area contributed by atoms with Gasteiger partial charge in [-0.15, -0.1) is 11.8 Å². The molecule has 1 heterocycles. The summed E-state index contributed by atoms with van der Waals surface area (Å²) in [6, 6.07) is 5.60. The Bertz CT molecular complexity index is 594. The Kier molecular flexibility index (Phi) is 6.78. The van der Waals surface area contributed by atoms with Gasteiger partial charge < -0.3 is 19.7 Å². The summed E-state index contributed by atoms with van der Waals surface area (Å²) in [4.78, 5) is 25.7. The second-order valence-corrected chi connectivity index (χ2v) is 6.86. The van der Waals surface area contributed by atoms with E-state index in [4.69, 9.17) is 9.47 Å². The zero-order valence-corrected chi connectivity index (χ0v) is 15.1. The molecule has 7 heteroatoms. The fourth-order valence-corrected chi connectivity index (χ4v) is 3.66. The van der Waals surface area contributed by atoms with Crippen LogP contribution in [0.3, 0.4) is 0 Å². The molecule has 1 aliphatic rings. The van der Waals surface area contributed by atoms with E-state index in [0.717, 1.165) is 24.9 Å². The number of rotatable bonds is 7. The standard InChI is InChI=1S/C17H24N2O4S/c1-19(10-12-6-7-13(22-2)14(9-12)23-3)16(20)11-24-15-5-4-8-18-17(15)21/h6-7,9,15H,4-5,8,10-11H2,1-3H3,(H,18,21). The second kappa shape index (κ2) is 8.82. The molecule has 1 unspecified atom stereocenters. The first kappa shape index (κ1) is 18.4. The van der Waals surface area contributed by atoms with Crippen LogP contribution in [0, 0.1) is 0 Å². The molecule has 0 aromatic heterocycles. The van der Waals surface area contributed by atoms with Crippen molar-refractivity contribution in [3.63, 3.8) is 0 Å². The predicted octanol–water partition coefficient (Wildman–Crippen LogP) is 1.67. The number of benzene rings is 1. The van der Waals surface area contributed by atoms with Crippen molar-refractivity contribution < 1.29 is 19.1 Å². The van der Waals surface area contributed by atoms with Crippen molar-refractivity contribution in [2.24, 2.45) is 0 Å². The summed E-state index contributed by atoms with van der Waals surface area (Å²) < 4.78 is 10.5. The van der Waals surface area contributed by atoms with Gasteiger partial charge in [0.1, 0.15) is 0 Å². The Balaban J connectivity index is 1.88. The van der Waals surface area contributed by atoms with Crippen LogP contribution >= 0.6 is 11.8 Å². The third-order valence-corrected chi connectivity index (χ3v) is 5.20. The highest BCUT2D eigenvalue weighted by Gasteiger charge is 2.23. The molecule has 1 aromatic rings. The van der Waals surface area contributed by atoms with Crippen LogP contribution in [0.2, 0.25) is 0 Å². The summed E-state index contributed by atoms with van der Waals surface area (Å²) in [5, 5.41) is 2.72. The second-order valence-electron chi connectivity index (χ2n) is 5.67. The van der Waals surface area contributed by atoms with Crippen molar-refractivity contribution in [1.29, 1.82) is 0 Å². The Morgan fingerprint density at radius 2 is 2.08 bits per heavy atom. The molecule has 1 atom stereocenters. The number of ether oxygens (including phenoxy) is 2. The fraction of sp³-hybridized carbons (Fsp3) is 0.529. The highest BCUT2D eigenvalue weighted by Crippen LogP contribution is 2.28. The van der Waals surface area contributed by atoms with Crippen molar-refractivity contribution in [2.45, 2.75) is 24.6 Å². The molecule has 1 aromatic carbocycles. The largest absolute Gasteiger partial charge is 0.493 e. The minimum Gasteiger partial charge on any atom is -0.493 e. The maximum atomic E-state index is 12.3. The molecule has 1 aliphatic heterocycles. The van der Waals surface area contributed by atoms with Gasteiger partial charge in [-0.05, 0) is 30.5 Å². The van der Waals surface area contributed by atoms with Crippen LogP contribution in [0.4, 0.5) is 0 Å². The van der Waals surface area contributed by atoms with Gasteiger partial charge in [0.05, 0.1) is 25.2 Å². The molecule has 0 spiro atoms. The van der Waals surface area contributed by atoms with E-state index in [1.165, 1.54) is 11.8 Å². The molecule has 2 amide bonds. The number of piperidine rings is 1. The molecule has 0 radical (unpaired) electrons. The maximum absolute atomic E-state index is 12.3. The van der Waals surface area contributed by atoms with Gasteiger partial charge in [0.15, 0.2) is 11.5 Å². The summed E-state index contributed by atoms with van der Waals surface area (Å²) in [5.41, 5.74) is 0.962. The summed E-state index contributed by atoms with van der Waals surface area (Å²) in [5.74, 6) is 1.66. The van der Waals surface area contributed by atoms with Crippen LogP contribution < -0.4 is 14.8 Å². The van der Waals surface area contributed by atoms with E-state index in [-0.39, 0.29) is 17.1 Å². The van der Waals surface area contributed by atoms with Crippen LogP contribution in [0.15, 0.2) is 18.2 Å². The van der Waals surface area contributed by atoms with Gasteiger partial charge in [-0.2, -0.15) is 0 Å². The highest BCUT2D eigenvalue weighted by atomic mass is 32.2. The van der Waals surface area contributed by atoms with E-state index in [2.05, 4.69) is 5.32 Å². The Morgan fingerprint density at radius 1 is 1.33 bits per heavy atom. The molecule has 2 rings (SSSR count). The number of nitrogens with one attached hydrogen (secondary N) is 1. The summed E-state index contributed by atoms with van der Waals surface area (Å²) in [6.07, 6.45) is 1.81. The van der Waals surface area contributed by atoms with E-state index in [1.807, 2.05) is 18.2 Å². The van der Waals surface area contributed by atoms with Gasteiger partial charge in [0, 0.05) is 20.1 Å². The Morgan fingerprint density at radius 3 is 2.75 bits per heavy atom. The molecule has 132 valence electrons. The van der Waals surface area contributed by atoms with Gasteiger partial charge in [-0.1, -0.05) is 6.07 Å². The molecule has 0 saturated carbocycles. The van der Waals surface area contributed by atoms with Gasteiger partial charge >= 0.3 is 0 Å². The number of carbonyl (C=O) groups is 2. The van der Waals surface area contributed by atoms with Crippen molar-refractivity contribution in [3.8, 4) is 11.5 Å². The molecule has 0 aliphatic carbocycles.